The number of hydrogen-bond donors (Lipinski definition) is 1. The highest BCUT2D eigenvalue weighted by Gasteiger charge is 2.29. The van der Waals surface area contributed by atoms with Crippen LogP contribution >= 0.6 is 0 Å². The second-order valence-electron chi connectivity index (χ2n) is 5.22. The standard InChI is InChI=1S/C14H21NO4S/c1-18-11-3-4-12(14(8-11)19-2)13(15)7-10-5-6-20(16,17)9-10/h3-4,8,10,13H,5-7,9,15H2,1-2H3. The van der Waals surface area contributed by atoms with E-state index in [0.717, 1.165) is 5.56 Å². The maximum absolute atomic E-state index is 11.5. The van der Waals surface area contributed by atoms with Gasteiger partial charge in [0.2, 0.25) is 0 Å². The fourth-order valence-electron chi connectivity index (χ4n) is 2.67. The number of nitrogens with two attached hydrogens (primary N) is 1. The number of benzene rings is 1. The molecule has 2 atom stereocenters. The Kier molecular flexibility index (Phi) is 4.55. The highest BCUT2D eigenvalue weighted by Crippen LogP contribution is 2.33. The highest BCUT2D eigenvalue weighted by atomic mass is 32.2. The monoisotopic (exact) mass is 299 g/mol. The van der Waals surface area contributed by atoms with Crippen LogP contribution in [0.5, 0.6) is 11.5 Å². The Labute approximate surface area is 120 Å². The molecule has 1 aliphatic rings. The molecule has 1 aliphatic heterocycles. The van der Waals surface area contributed by atoms with Gasteiger partial charge in [-0.15, -0.1) is 0 Å². The zero-order chi connectivity index (χ0) is 14.8. The van der Waals surface area contributed by atoms with Crippen molar-refractivity contribution in [1.82, 2.24) is 0 Å². The fourth-order valence-corrected chi connectivity index (χ4v) is 4.55. The van der Waals surface area contributed by atoms with E-state index in [9.17, 15) is 8.42 Å². The van der Waals surface area contributed by atoms with Gasteiger partial charge in [0.25, 0.3) is 0 Å². The molecule has 1 fully saturated rings. The average molecular weight is 299 g/mol. The van der Waals surface area contributed by atoms with Crippen LogP contribution in [-0.4, -0.2) is 34.1 Å². The lowest BCUT2D eigenvalue weighted by molar-refractivity contribution is 0.383. The third-order valence-corrected chi connectivity index (χ3v) is 5.59. The van der Waals surface area contributed by atoms with Crippen LogP contribution < -0.4 is 15.2 Å². The van der Waals surface area contributed by atoms with E-state index in [0.29, 0.717) is 24.3 Å². The summed E-state index contributed by atoms with van der Waals surface area (Å²) in [5.41, 5.74) is 7.10. The minimum atomic E-state index is -2.86. The second-order valence-corrected chi connectivity index (χ2v) is 7.45. The van der Waals surface area contributed by atoms with Crippen molar-refractivity contribution in [3.63, 3.8) is 0 Å². The first-order chi connectivity index (χ1) is 9.45. The molecule has 0 aromatic heterocycles. The fraction of sp³-hybridized carbons (Fsp3) is 0.571. The van der Waals surface area contributed by atoms with E-state index >= 15 is 0 Å². The normalized spacial score (nSPS) is 22.4. The van der Waals surface area contributed by atoms with Gasteiger partial charge in [0.15, 0.2) is 9.84 Å². The molecular formula is C14H21NO4S. The van der Waals surface area contributed by atoms with Crippen molar-refractivity contribution in [3.8, 4) is 11.5 Å². The second kappa shape index (κ2) is 6.01. The van der Waals surface area contributed by atoms with E-state index in [4.69, 9.17) is 15.2 Å². The maximum atomic E-state index is 11.5. The first-order valence-corrected chi connectivity index (χ1v) is 8.45. The van der Waals surface area contributed by atoms with Crippen molar-refractivity contribution in [2.75, 3.05) is 25.7 Å². The molecule has 0 radical (unpaired) electrons. The molecule has 2 N–H and O–H groups in total. The zero-order valence-corrected chi connectivity index (χ0v) is 12.7. The van der Waals surface area contributed by atoms with Gasteiger partial charge < -0.3 is 15.2 Å². The lowest BCUT2D eigenvalue weighted by Crippen LogP contribution is -2.17. The van der Waals surface area contributed by atoms with E-state index < -0.39 is 9.84 Å². The molecule has 112 valence electrons. The largest absolute Gasteiger partial charge is 0.497 e. The van der Waals surface area contributed by atoms with Crippen LogP contribution in [0.25, 0.3) is 0 Å². The number of hydrogen-bond acceptors (Lipinski definition) is 5. The molecule has 1 aromatic rings. The molecule has 0 aliphatic carbocycles. The van der Waals surface area contributed by atoms with Gasteiger partial charge in [-0.05, 0) is 24.8 Å². The van der Waals surface area contributed by atoms with E-state index in [1.54, 1.807) is 20.3 Å². The van der Waals surface area contributed by atoms with Crippen molar-refractivity contribution in [1.29, 1.82) is 0 Å². The number of ether oxygens (including phenoxy) is 2. The van der Waals surface area contributed by atoms with Gasteiger partial charge in [0, 0.05) is 17.7 Å². The summed E-state index contributed by atoms with van der Waals surface area (Å²) < 4.78 is 33.5. The van der Waals surface area contributed by atoms with Gasteiger partial charge in [0.05, 0.1) is 25.7 Å². The molecule has 1 aromatic carbocycles. The molecule has 2 unspecified atom stereocenters. The molecule has 1 heterocycles. The smallest absolute Gasteiger partial charge is 0.150 e. The minimum absolute atomic E-state index is 0.141. The van der Waals surface area contributed by atoms with Crippen LogP contribution in [0.2, 0.25) is 0 Å². The van der Waals surface area contributed by atoms with Crippen molar-refractivity contribution >= 4 is 9.84 Å². The van der Waals surface area contributed by atoms with Crippen molar-refractivity contribution < 1.29 is 17.9 Å². The van der Waals surface area contributed by atoms with Gasteiger partial charge >= 0.3 is 0 Å². The summed E-state index contributed by atoms with van der Waals surface area (Å²) in [6.45, 7) is 0. The molecule has 20 heavy (non-hydrogen) atoms. The first kappa shape index (κ1) is 15.1. The minimum Gasteiger partial charge on any atom is -0.497 e. The van der Waals surface area contributed by atoms with Gasteiger partial charge in [-0.2, -0.15) is 0 Å². The molecule has 6 heteroatoms. The van der Waals surface area contributed by atoms with Crippen molar-refractivity contribution in [3.05, 3.63) is 23.8 Å². The van der Waals surface area contributed by atoms with Gasteiger partial charge in [-0.25, -0.2) is 8.42 Å². The summed E-state index contributed by atoms with van der Waals surface area (Å²) in [4.78, 5) is 0. The molecule has 1 saturated heterocycles. The van der Waals surface area contributed by atoms with Gasteiger partial charge in [-0.3, -0.25) is 0 Å². The summed E-state index contributed by atoms with van der Waals surface area (Å²) in [7, 11) is 0.327. The van der Waals surface area contributed by atoms with E-state index in [1.807, 2.05) is 12.1 Å². The molecule has 2 rings (SSSR count). The zero-order valence-electron chi connectivity index (χ0n) is 11.8. The average Bonchev–Trinajstić information content (AvgIpc) is 2.76. The Morgan fingerprint density at radius 3 is 2.65 bits per heavy atom. The van der Waals surface area contributed by atoms with E-state index in [1.165, 1.54) is 0 Å². The van der Waals surface area contributed by atoms with Crippen molar-refractivity contribution in [2.24, 2.45) is 11.7 Å². The van der Waals surface area contributed by atoms with Crippen LogP contribution in [0, 0.1) is 5.92 Å². The summed E-state index contributed by atoms with van der Waals surface area (Å²) in [5, 5.41) is 0. The SMILES string of the molecule is COc1ccc(C(N)CC2CCS(=O)(=O)C2)c(OC)c1. The summed E-state index contributed by atoms with van der Waals surface area (Å²) in [6.07, 6.45) is 1.36. The van der Waals surface area contributed by atoms with E-state index in [-0.39, 0.29) is 23.5 Å². The number of rotatable bonds is 5. The molecule has 0 saturated carbocycles. The Morgan fingerprint density at radius 1 is 1.35 bits per heavy atom. The summed E-state index contributed by atoms with van der Waals surface area (Å²) in [5.74, 6) is 2.06. The Balaban J connectivity index is 2.11. The molecule has 5 nitrogen and oxygen atoms in total. The molecular weight excluding hydrogens is 278 g/mol. The molecule has 0 spiro atoms. The van der Waals surface area contributed by atoms with Crippen LogP contribution in [-0.2, 0) is 9.84 Å². The number of sulfone groups is 1. The summed E-state index contributed by atoms with van der Waals surface area (Å²) >= 11 is 0. The summed E-state index contributed by atoms with van der Waals surface area (Å²) in [6, 6.07) is 5.28. The molecule has 0 amide bonds. The van der Waals surface area contributed by atoms with Crippen LogP contribution in [0.4, 0.5) is 0 Å². The van der Waals surface area contributed by atoms with Gasteiger partial charge in [-0.1, -0.05) is 6.07 Å². The first-order valence-electron chi connectivity index (χ1n) is 6.63. The topological polar surface area (TPSA) is 78.6 Å². The molecule has 0 bridgehead atoms. The Hall–Kier alpha value is -1.27. The number of methoxy groups -OCH3 is 2. The van der Waals surface area contributed by atoms with Crippen LogP contribution in [0.3, 0.4) is 0 Å². The third kappa shape index (κ3) is 3.43. The lowest BCUT2D eigenvalue weighted by atomic mass is 9.94. The van der Waals surface area contributed by atoms with Crippen LogP contribution in [0.1, 0.15) is 24.4 Å². The predicted molar refractivity (Wildman–Crippen MR) is 77.9 cm³/mol. The Morgan fingerprint density at radius 2 is 2.10 bits per heavy atom. The third-order valence-electron chi connectivity index (χ3n) is 3.75. The Bertz CT molecular complexity index is 571. The maximum Gasteiger partial charge on any atom is 0.150 e. The predicted octanol–water partition coefficient (Wildman–Crippen LogP) is 1.53. The van der Waals surface area contributed by atoms with Gasteiger partial charge in [0.1, 0.15) is 11.5 Å². The quantitative estimate of drug-likeness (QED) is 0.892. The van der Waals surface area contributed by atoms with E-state index in [2.05, 4.69) is 0 Å². The van der Waals surface area contributed by atoms with Crippen molar-refractivity contribution in [2.45, 2.75) is 18.9 Å². The highest BCUT2D eigenvalue weighted by molar-refractivity contribution is 7.91. The lowest BCUT2D eigenvalue weighted by Gasteiger charge is -2.19. The van der Waals surface area contributed by atoms with Crippen LogP contribution in [0.15, 0.2) is 18.2 Å².